The molecule has 0 amide bonds. The molecule has 9 heteroatoms. The van der Waals surface area contributed by atoms with Crippen molar-refractivity contribution in [1.82, 2.24) is 10.2 Å². The van der Waals surface area contributed by atoms with Crippen LogP contribution in [0, 0.1) is 23.1 Å². The molecule has 0 aliphatic rings. The van der Waals surface area contributed by atoms with Crippen LogP contribution in [0.15, 0.2) is 35.2 Å². The van der Waals surface area contributed by atoms with Gasteiger partial charge in [-0.15, -0.1) is 5.10 Å². The lowest BCUT2D eigenvalue weighted by molar-refractivity contribution is 0.588. The maximum Gasteiger partial charge on any atom is 0.242 e. The molecular weight excluding hydrogens is 338 g/mol. The first-order valence-electron chi connectivity index (χ1n) is 6.64. The Hall–Kier alpha value is -2.99. The van der Waals surface area contributed by atoms with Gasteiger partial charge in [0, 0.05) is 11.9 Å². The number of fused-ring (bicyclic) bond motifs is 1. The quantitative estimate of drug-likeness (QED) is 0.758. The van der Waals surface area contributed by atoms with Gasteiger partial charge in [-0.05, 0) is 30.3 Å². The fraction of sp³-hybridized carbons (Fsp3) is 0.0667. The molecule has 3 aromatic rings. The third-order valence-corrected chi connectivity index (χ3v) is 4.48. The van der Waals surface area contributed by atoms with Gasteiger partial charge in [0.2, 0.25) is 5.95 Å². The Kier molecular flexibility index (Phi) is 3.69. The summed E-state index contributed by atoms with van der Waals surface area (Å²) in [6, 6.07) is 8.05. The highest BCUT2D eigenvalue weighted by Gasteiger charge is 2.19. The number of H-pyrrole nitrogens is 1. The number of anilines is 2. The Morgan fingerprint density at radius 2 is 2.00 bits per heavy atom. The number of nitriles is 1. The average Bonchev–Trinajstić information content (AvgIpc) is 2.88. The lowest BCUT2D eigenvalue weighted by Gasteiger charge is -2.10. The van der Waals surface area contributed by atoms with E-state index >= 15 is 0 Å². The van der Waals surface area contributed by atoms with Gasteiger partial charge in [0.1, 0.15) is 5.82 Å². The number of hydrogen-bond acceptors (Lipinski definition) is 5. The van der Waals surface area contributed by atoms with E-state index in [1.165, 1.54) is 18.2 Å². The van der Waals surface area contributed by atoms with Crippen LogP contribution in [-0.4, -0.2) is 24.9 Å². The molecule has 2 aromatic carbocycles. The van der Waals surface area contributed by atoms with Crippen molar-refractivity contribution in [2.45, 2.75) is 4.90 Å². The second-order valence-corrected chi connectivity index (χ2v) is 7.10. The lowest BCUT2D eigenvalue weighted by atomic mass is 10.1. The van der Waals surface area contributed by atoms with Crippen LogP contribution < -0.4 is 5.32 Å². The van der Waals surface area contributed by atoms with E-state index in [4.69, 9.17) is 5.26 Å². The summed E-state index contributed by atoms with van der Waals surface area (Å²) in [6.45, 7) is 0. The monoisotopic (exact) mass is 348 g/mol. The zero-order chi connectivity index (χ0) is 17.5. The molecule has 0 bridgehead atoms. The molecule has 1 aromatic heterocycles. The standard InChI is InChI=1S/C15H10F2N4O2S/c1-24(22,23)12-3-2-11(13-14(12)20-21-15(13)17)19-10-5-8(7-18)4-9(16)6-10/h2-6,19H,1H3,(H,20,21). The number of hydrogen-bond donors (Lipinski definition) is 2. The smallest absolute Gasteiger partial charge is 0.242 e. The third kappa shape index (κ3) is 2.79. The van der Waals surface area contributed by atoms with E-state index in [0.717, 1.165) is 18.4 Å². The van der Waals surface area contributed by atoms with Gasteiger partial charge < -0.3 is 5.32 Å². The summed E-state index contributed by atoms with van der Waals surface area (Å²) < 4.78 is 51.1. The predicted molar refractivity (Wildman–Crippen MR) is 83.6 cm³/mol. The molecule has 0 aliphatic heterocycles. The number of nitrogens with one attached hydrogen (secondary N) is 2. The van der Waals surface area contributed by atoms with Crippen molar-refractivity contribution < 1.29 is 17.2 Å². The van der Waals surface area contributed by atoms with Crippen LogP contribution in [0.25, 0.3) is 10.9 Å². The van der Waals surface area contributed by atoms with Gasteiger partial charge >= 0.3 is 0 Å². The molecule has 0 saturated carbocycles. The molecular formula is C15H10F2N4O2S. The minimum atomic E-state index is -3.59. The first kappa shape index (κ1) is 15.9. The molecule has 122 valence electrons. The molecule has 0 spiro atoms. The Morgan fingerprint density at radius 3 is 2.67 bits per heavy atom. The number of sulfone groups is 1. The van der Waals surface area contributed by atoms with Crippen molar-refractivity contribution in [1.29, 1.82) is 5.26 Å². The average molecular weight is 348 g/mol. The van der Waals surface area contributed by atoms with Crippen molar-refractivity contribution in [3.05, 3.63) is 47.7 Å². The molecule has 0 radical (unpaired) electrons. The summed E-state index contributed by atoms with van der Waals surface area (Å²) in [7, 11) is -3.59. The highest BCUT2D eigenvalue weighted by Crippen LogP contribution is 2.32. The van der Waals surface area contributed by atoms with Crippen molar-refractivity contribution in [2.24, 2.45) is 0 Å². The molecule has 24 heavy (non-hydrogen) atoms. The number of aromatic amines is 1. The van der Waals surface area contributed by atoms with Crippen LogP contribution in [0.3, 0.4) is 0 Å². The Morgan fingerprint density at radius 1 is 1.25 bits per heavy atom. The Labute approximate surface area is 135 Å². The maximum absolute atomic E-state index is 14.0. The van der Waals surface area contributed by atoms with Crippen LogP contribution in [0.5, 0.6) is 0 Å². The molecule has 0 unspecified atom stereocenters. The first-order chi connectivity index (χ1) is 11.3. The molecule has 0 aliphatic carbocycles. The van der Waals surface area contributed by atoms with Gasteiger partial charge in [-0.2, -0.15) is 9.65 Å². The van der Waals surface area contributed by atoms with Crippen LogP contribution in [-0.2, 0) is 9.84 Å². The molecule has 3 rings (SSSR count). The van der Waals surface area contributed by atoms with Crippen molar-refractivity contribution in [2.75, 3.05) is 11.6 Å². The molecule has 6 nitrogen and oxygen atoms in total. The van der Waals surface area contributed by atoms with Gasteiger partial charge in [0.05, 0.1) is 33.1 Å². The highest BCUT2D eigenvalue weighted by molar-refractivity contribution is 7.91. The van der Waals surface area contributed by atoms with Crippen LogP contribution in [0.4, 0.5) is 20.2 Å². The fourth-order valence-corrected chi connectivity index (χ4v) is 3.20. The summed E-state index contributed by atoms with van der Waals surface area (Å²) >= 11 is 0. The minimum absolute atomic E-state index is 0.0110. The number of benzene rings is 2. The summed E-state index contributed by atoms with van der Waals surface area (Å²) in [5.74, 6) is -1.52. The van der Waals surface area contributed by atoms with Gasteiger partial charge in [0.15, 0.2) is 9.84 Å². The normalized spacial score (nSPS) is 11.4. The van der Waals surface area contributed by atoms with E-state index < -0.39 is 21.6 Å². The van der Waals surface area contributed by atoms with Gasteiger partial charge in [-0.1, -0.05) is 0 Å². The summed E-state index contributed by atoms with van der Waals surface area (Å²) in [5.41, 5.74) is 0.518. The zero-order valence-electron chi connectivity index (χ0n) is 12.3. The fourth-order valence-electron chi connectivity index (χ4n) is 2.36. The number of nitrogens with zero attached hydrogens (tertiary/aromatic N) is 2. The minimum Gasteiger partial charge on any atom is -0.355 e. The molecule has 2 N–H and O–H groups in total. The van der Waals surface area contributed by atoms with Crippen LogP contribution >= 0.6 is 0 Å². The van der Waals surface area contributed by atoms with E-state index in [9.17, 15) is 17.2 Å². The van der Waals surface area contributed by atoms with Crippen molar-refractivity contribution >= 4 is 32.1 Å². The molecule has 0 atom stereocenters. The molecule has 0 saturated heterocycles. The van der Waals surface area contributed by atoms with E-state index in [1.807, 2.05) is 6.07 Å². The van der Waals surface area contributed by atoms with Crippen molar-refractivity contribution in [3.63, 3.8) is 0 Å². The summed E-state index contributed by atoms with van der Waals surface area (Å²) in [5, 5.41) is 17.3. The van der Waals surface area contributed by atoms with Gasteiger partial charge in [0.25, 0.3) is 0 Å². The Bertz CT molecular complexity index is 1100. The SMILES string of the molecule is CS(=O)(=O)c1ccc(Nc2cc(F)cc(C#N)c2)c2c(F)n[nH]c12. The largest absolute Gasteiger partial charge is 0.355 e. The van der Waals surface area contributed by atoms with E-state index in [2.05, 4.69) is 15.5 Å². The van der Waals surface area contributed by atoms with E-state index in [-0.39, 0.29) is 32.7 Å². The summed E-state index contributed by atoms with van der Waals surface area (Å²) in [4.78, 5) is -0.101. The number of aromatic nitrogens is 2. The van der Waals surface area contributed by atoms with Gasteiger partial charge in [-0.3, -0.25) is 5.10 Å². The van der Waals surface area contributed by atoms with E-state index in [1.54, 1.807) is 0 Å². The summed E-state index contributed by atoms with van der Waals surface area (Å²) in [6.07, 6.45) is 0.999. The third-order valence-electron chi connectivity index (χ3n) is 3.34. The highest BCUT2D eigenvalue weighted by atomic mass is 32.2. The predicted octanol–water partition coefficient (Wildman–Crippen LogP) is 2.86. The molecule has 0 fully saturated rings. The second-order valence-electron chi connectivity index (χ2n) is 5.11. The number of halogens is 2. The maximum atomic E-state index is 14.0. The molecule has 1 heterocycles. The van der Waals surface area contributed by atoms with Crippen LogP contribution in [0.2, 0.25) is 0 Å². The van der Waals surface area contributed by atoms with Crippen LogP contribution in [0.1, 0.15) is 5.56 Å². The zero-order valence-corrected chi connectivity index (χ0v) is 13.1. The Balaban J connectivity index is 2.17. The lowest BCUT2D eigenvalue weighted by Crippen LogP contribution is -2.00. The second kappa shape index (κ2) is 5.58. The van der Waals surface area contributed by atoms with Gasteiger partial charge in [-0.25, -0.2) is 12.8 Å². The topological polar surface area (TPSA) is 98.6 Å². The van der Waals surface area contributed by atoms with E-state index in [0.29, 0.717) is 0 Å². The number of rotatable bonds is 3. The first-order valence-corrected chi connectivity index (χ1v) is 8.53. The van der Waals surface area contributed by atoms with Crippen molar-refractivity contribution in [3.8, 4) is 6.07 Å².